The molecule has 1 aromatic rings. The number of nitrogens with two attached hydrogens (primary N) is 1. The van der Waals surface area contributed by atoms with Crippen molar-refractivity contribution in [1.82, 2.24) is 10.2 Å². The molecule has 4 aliphatic carbocycles. The molecule has 19 heavy (non-hydrogen) atoms. The number of carbonyl (C=O) groups is 1. The molecule has 4 fully saturated rings. The van der Waals surface area contributed by atoms with Crippen molar-refractivity contribution >= 4 is 27.5 Å². The van der Waals surface area contributed by atoms with Gasteiger partial charge in [0.15, 0.2) is 0 Å². The molecule has 0 spiro atoms. The lowest BCUT2D eigenvalue weighted by atomic mass is 9.51. The predicted molar refractivity (Wildman–Crippen MR) is 73.5 cm³/mol. The summed E-state index contributed by atoms with van der Waals surface area (Å²) in [6, 6.07) is 0. The largest absolute Gasteiger partial charge is 0.374 e. The number of amides is 1. The van der Waals surface area contributed by atoms with Gasteiger partial charge < -0.3 is 11.1 Å². The van der Waals surface area contributed by atoms with E-state index < -0.39 is 0 Å². The number of hydrogen-bond donors (Lipinski definition) is 2. The summed E-state index contributed by atoms with van der Waals surface area (Å²) in [5.74, 6) is 3.32. The molecule has 0 atom stereocenters. The molecule has 0 radical (unpaired) electrons. The summed E-state index contributed by atoms with van der Waals surface area (Å²) in [6.07, 6.45) is 6.42. The third kappa shape index (κ3) is 1.93. The van der Waals surface area contributed by atoms with Gasteiger partial charge in [0.05, 0.1) is 0 Å². The molecule has 6 heteroatoms. The average molecular weight is 278 g/mol. The molecule has 5 rings (SSSR count). The highest BCUT2D eigenvalue weighted by atomic mass is 32.1. The van der Waals surface area contributed by atoms with E-state index in [1.54, 1.807) is 0 Å². The van der Waals surface area contributed by atoms with Gasteiger partial charge in [-0.3, -0.25) is 4.79 Å². The maximum atomic E-state index is 12.5. The van der Waals surface area contributed by atoms with Crippen molar-refractivity contribution in [3.05, 3.63) is 0 Å². The Morgan fingerprint density at radius 2 is 1.74 bits per heavy atom. The van der Waals surface area contributed by atoms with Gasteiger partial charge in [0, 0.05) is 5.92 Å². The molecule has 0 aromatic carbocycles. The Labute approximate surface area is 116 Å². The van der Waals surface area contributed by atoms with Gasteiger partial charge in [0.2, 0.25) is 16.2 Å². The summed E-state index contributed by atoms with van der Waals surface area (Å²) < 4.78 is 0. The highest BCUT2D eigenvalue weighted by molar-refractivity contribution is 7.18. The van der Waals surface area contributed by atoms with E-state index in [0.29, 0.717) is 22.1 Å². The summed E-state index contributed by atoms with van der Waals surface area (Å²) in [4.78, 5) is 12.5. The molecule has 4 saturated carbocycles. The van der Waals surface area contributed by atoms with Gasteiger partial charge in [-0.25, -0.2) is 0 Å². The Bertz CT molecular complexity index is 486. The van der Waals surface area contributed by atoms with Crippen molar-refractivity contribution in [2.24, 2.45) is 29.6 Å². The van der Waals surface area contributed by atoms with E-state index in [4.69, 9.17) is 5.73 Å². The van der Waals surface area contributed by atoms with E-state index in [1.165, 1.54) is 43.4 Å². The first kappa shape index (κ1) is 11.6. The first-order valence-corrected chi connectivity index (χ1v) is 7.90. The van der Waals surface area contributed by atoms with E-state index in [0.717, 1.165) is 11.8 Å². The zero-order chi connectivity index (χ0) is 13.0. The maximum Gasteiger partial charge on any atom is 0.229 e. The van der Waals surface area contributed by atoms with E-state index in [2.05, 4.69) is 15.5 Å². The second-order valence-electron chi connectivity index (χ2n) is 6.39. The summed E-state index contributed by atoms with van der Waals surface area (Å²) in [7, 11) is 0. The Hall–Kier alpha value is -1.17. The van der Waals surface area contributed by atoms with Crippen molar-refractivity contribution in [2.45, 2.75) is 32.1 Å². The Balaban J connectivity index is 1.51. The number of aromatic nitrogens is 2. The second kappa shape index (κ2) is 4.16. The second-order valence-corrected chi connectivity index (χ2v) is 7.40. The highest BCUT2D eigenvalue weighted by Crippen LogP contribution is 2.56. The quantitative estimate of drug-likeness (QED) is 0.868. The average Bonchev–Trinajstić information content (AvgIpc) is 2.73. The Kier molecular flexibility index (Phi) is 2.55. The molecule has 0 aliphatic heterocycles. The molecule has 4 bridgehead atoms. The molecule has 3 N–H and O–H groups in total. The molecule has 1 aromatic heterocycles. The normalized spacial score (nSPS) is 39.5. The van der Waals surface area contributed by atoms with Crippen LogP contribution in [0.15, 0.2) is 0 Å². The van der Waals surface area contributed by atoms with Gasteiger partial charge in [-0.05, 0) is 55.8 Å². The van der Waals surface area contributed by atoms with Crippen LogP contribution < -0.4 is 11.1 Å². The van der Waals surface area contributed by atoms with Crippen LogP contribution in [-0.2, 0) is 4.79 Å². The first-order chi connectivity index (χ1) is 9.19. The van der Waals surface area contributed by atoms with Crippen LogP contribution in [0, 0.1) is 29.6 Å². The summed E-state index contributed by atoms with van der Waals surface area (Å²) in [5.41, 5.74) is 5.54. The zero-order valence-corrected chi connectivity index (χ0v) is 11.5. The topological polar surface area (TPSA) is 80.9 Å². The lowest BCUT2D eigenvalue weighted by Gasteiger charge is -2.53. The van der Waals surface area contributed by atoms with Crippen molar-refractivity contribution in [3.63, 3.8) is 0 Å². The van der Waals surface area contributed by atoms with Crippen LogP contribution in [0.3, 0.4) is 0 Å². The number of nitrogen functional groups attached to an aromatic ring is 1. The highest BCUT2D eigenvalue weighted by Gasteiger charge is 2.50. The van der Waals surface area contributed by atoms with Crippen molar-refractivity contribution in [1.29, 1.82) is 0 Å². The summed E-state index contributed by atoms with van der Waals surface area (Å²) in [5, 5.41) is 11.5. The molecule has 0 unspecified atom stereocenters. The van der Waals surface area contributed by atoms with Crippen LogP contribution in [0.1, 0.15) is 32.1 Å². The Morgan fingerprint density at radius 3 is 2.26 bits per heavy atom. The molecular formula is C13H18N4OS. The Morgan fingerprint density at radius 1 is 1.11 bits per heavy atom. The van der Waals surface area contributed by atoms with Gasteiger partial charge in [0.1, 0.15) is 0 Å². The van der Waals surface area contributed by atoms with Crippen LogP contribution in [0.4, 0.5) is 10.3 Å². The van der Waals surface area contributed by atoms with Crippen LogP contribution in [0.5, 0.6) is 0 Å². The van der Waals surface area contributed by atoms with Crippen LogP contribution >= 0.6 is 11.3 Å². The molecular weight excluding hydrogens is 260 g/mol. The third-order valence-electron chi connectivity index (χ3n) is 5.20. The third-order valence-corrected chi connectivity index (χ3v) is 5.87. The number of rotatable bonds is 2. The molecule has 0 saturated heterocycles. The van der Waals surface area contributed by atoms with Crippen molar-refractivity contribution in [3.8, 4) is 0 Å². The SMILES string of the molecule is Nc1nnc(NC(=O)C2C3CC4CC(C3)CC2C4)s1. The fourth-order valence-electron chi connectivity index (χ4n) is 4.83. The molecule has 102 valence electrons. The first-order valence-electron chi connectivity index (χ1n) is 7.09. The van der Waals surface area contributed by atoms with Crippen LogP contribution in [0.2, 0.25) is 0 Å². The van der Waals surface area contributed by atoms with Gasteiger partial charge in [0.25, 0.3) is 0 Å². The van der Waals surface area contributed by atoms with Crippen LogP contribution in [-0.4, -0.2) is 16.1 Å². The lowest BCUT2D eigenvalue weighted by Crippen LogP contribution is -2.49. The van der Waals surface area contributed by atoms with Crippen LogP contribution in [0.25, 0.3) is 0 Å². The monoisotopic (exact) mass is 278 g/mol. The van der Waals surface area contributed by atoms with E-state index in [9.17, 15) is 4.79 Å². The van der Waals surface area contributed by atoms with E-state index >= 15 is 0 Å². The molecule has 1 amide bonds. The summed E-state index contributed by atoms with van der Waals surface area (Å²) >= 11 is 1.24. The molecule has 1 heterocycles. The van der Waals surface area contributed by atoms with Gasteiger partial charge in [-0.15, -0.1) is 10.2 Å². The number of anilines is 2. The summed E-state index contributed by atoms with van der Waals surface area (Å²) in [6.45, 7) is 0. The van der Waals surface area contributed by atoms with Crippen molar-refractivity contribution in [2.75, 3.05) is 11.1 Å². The van der Waals surface area contributed by atoms with Gasteiger partial charge >= 0.3 is 0 Å². The van der Waals surface area contributed by atoms with E-state index in [-0.39, 0.29) is 11.8 Å². The zero-order valence-electron chi connectivity index (χ0n) is 10.7. The van der Waals surface area contributed by atoms with Crippen molar-refractivity contribution < 1.29 is 4.79 Å². The number of carbonyl (C=O) groups excluding carboxylic acids is 1. The number of nitrogens with zero attached hydrogens (tertiary/aromatic N) is 2. The minimum atomic E-state index is 0.143. The fraction of sp³-hybridized carbons (Fsp3) is 0.769. The number of hydrogen-bond acceptors (Lipinski definition) is 5. The minimum absolute atomic E-state index is 0.143. The van der Waals surface area contributed by atoms with Gasteiger partial charge in [-0.1, -0.05) is 11.3 Å². The fourth-order valence-corrected chi connectivity index (χ4v) is 5.34. The maximum absolute atomic E-state index is 12.5. The standard InChI is InChI=1S/C13H18N4OS/c14-12-16-17-13(19-12)15-11(18)10-8-2-6-1-7(4-8)5-9(10)3-6/h6-10H,1-5H2,(H2,14,16)(H,15,17,18). The molecule has 4 aliphatic rings. The van der Waals surface area contributed by atoms with E-state index in [1.807, 2.05) is 0 Å². The lowest BCUT2D eigenvalue weighted by molar-refractivity contribution is -0.132. The minimum Gasteiger partial charge on any atom is -0.374 e. The predicted octanol–water partition coefficient (Wildman–Crippen LogP) is 2.13. The molecule has 5 nitrogen and oxygen atoms in total. The smallest absolute Gasteiger partial charge is 0.229 e. The van der Waals surface area contributed by atoms with Gasteiger partial charge in [-0.2, -0.15) is 0 Å². The number of nitrogens with one attached hydrogen (secondary N) is 1.